The van der Waals surface area contributed by atoms with Gasteiger partial charge in [-0.25, -0.2) is 0 Å². The third kappa shape index (κ3) is 8.69. The Morgan fingerprint density at radius 1 is 0.951 bits per heavy atom. The Labute approximate surface area is 253 Å². The van der Waals surface area contributed by atoms with Gasteiger partial charge >= 0.3 is 254 Å². The maximum absolute atomic E-state index is 14.1. The van der Waals surface area contributed by atoms with Crippen LogP contribution in [0.15, 0.2) is 60.7 Å². The first kappa shape index (κ1) is 36.0. The van der Waals surface area contributed by atoms with Crippen molar-refractivity contribution in [2.45, 2.75) is 103 Å². The number of ether oxygens (including phenoxy) is 1. The van der Waals surface area contributed by atoms with Crippen molar-refractivity contribution in [1.29, 1.82) is 0 Å². The van der Waals surface area contributed by atoms with E-state index in [0.717, 1.165) is 23.2 Å². The predicted molar refractivity (Wildman–Crippen MR) is 183 cm³/mol. The van der Waals surface area contributed by atoms with Crippen molar-refractivity contribution in [3.05, 3.63) is 60.7 Å². The molecule has 4 atom stereocenters. The van der Waals surface area contributed by atoms with E-state index in [1.165, 1.54) is 0 Å². The summed E-state index contributed by atoms with van der Waals surface area (Å²) in [6.07, 6.45) is -1.28. The summed E-state index contributed by atoms with van der Waals surface area (Å²) in [4.78, 5) is 14.1. The third-order valence-corrected chi connectivity index (χ3v) is 19.3. The van der Waals surface area contributed by atoms with Gasteiger partial charge in [0.2, 0.25) is 0 Å². The van der Waals surface area contributed by atoms with Crippen LogP contribution < -0.4 is 10.4 Å². The zero-order valence-corrected chi connectivity index (χ0v) is 29.8. The van der Waals surface area contributed by atoms with Crippen molar-refractivity contribution < 1.29 is 23.6 Å². The Morgan fingerprint density at radius 2 is 1.44 bits per heavy atom. The minimum absolute atomic E-state index is 0.0492. The second kappa shape index (κ2) is 15.0. The van der Waals surface area contributed by atoms with Crippen LogP contribution in [0, 0.1) is 0 Å². The zero-order valence-electron chi connectivity index (χ0n) is 26.9. The summed E-state index contributed by atoms with van der Waals surface area (Å²) in [5.74, 6) is 0. The van der Waals surface area contributed by atoms with E-state index in [9.17, 15) is 9.90 Å². The van der Waals surface area contributed by atoms with Crippen LogP contribution in [0.5, 0.6) is 0 Å². The Kier molecular flexibility index (Phi) is 13.2. The molecular weight excluding hydrogens is 561 g/mol. The molecule has 0 saturated heterocycles. The van der Waals surface area contributed by atoms with Crippen molar-refractivity contribution in [3.63, 3.8) is 0 Å². The number of carbonyl (C=O) groups excluding carboxylic acids is 1. The number of unbranched alkanes of at least 4 members (excludes halogenated alkanes) is 1. The van der Waals surface area contributed by atoms with Gasteiger partial charge in [0.25, 0.3) is 0 Å². The molecule has 0 aromatic heterocycles. The fraction of sp³-hybridized carbons (Fsp3) is 0.581. The summed E-state index contributed by atoms with van der Waals surface area (Å²) in [6.45, 7) is 19.6. The summed E-state index contributed by atoms with van der Waals surface area (Å²) in [5, 5.41) is 13.7. The van der Waals surface area contributed by atoms with E-state index < -0.39 is 42.0 Å². The van der Waals surface area contributed by atoms with Gasteiger partial charge in [-0.15, -0.1) is 0 Å². The summed E-state index contributed by atoms with van der Waals surface area (Å²) in [5.41, 5.74) is 0. The molecule has 0 fully saturated rings. The van der Waals surface area contributed by atoms with Gasteiger partial charge in [0, 0.05) is 0 Å². The molecular formula is C31H51B2O5PSi2. The van der Waals surface area contributed by atoms with E-state index >= 15 is 0 Å². The standard InChI is InChI=1S/C31H51B2O5PSi2/c1-10-11-22-36-26(27(34)28(38-39(32)33)29(35)40(8,9)30(2,3)4)23-37-41(31(5,6)7,24-18-14-12-15-19-24)25-20-16-13-17-21-25/h12-21,26-28,34H,10-11,22-23,32H2,1-9H3/t26-,27+,28+/m0/s1. The van der Waals surface area contributed by atoms with Gasteiger partial charge < -0.3 is 0 Å². The van der Waals surface area contributed by atoms with E-state index in [1.807, 2.05) is 49.5 Å². The van der Waals surface area contributed by atoms with Gasteiger partial charge in [-0.2, -0.15) is 0 Å². The van der Waals surface area contributed by atoms with Crippen molar-refractivity contribution in [2.24, 2.45) is 0 Å². The van der Waals surface area contributed by atoms with Gasteiger partial charge in [0.05, 0.1) is 0 Å². The summed E-state index contributed by atoms with van der Waals surface area (Å²) < 4.78 is 19.5. The van der Waals surface area contributed by atoms with Crippen LogP contribution in [0.1, 0.15) is 61.3 Å². The fourth-order valence-corrected chi connectivity index (χ4v) is 11.9. The molecule has 0 bridgehead atoms. The number of hydrogen-bond acceptors (Lipinski definition) is 5. The van der Waals surface area contributed by atoms with Crippen molar-refractivity contribution >= 4 is 54.1 Å². The molecule has 0 radical (unpaired) electrons. The van der Waals surface area contributed by atoms with E-state index in [-0.39, 0.29) is 22.1 Å². The van der Waals surface area contributed by atoms with E-state index in [2.05, 4.69) is 72.7 Å². The van der Waals surface area contributed by atoms with E-state index in [1.54, 1.807) is 7.57 Å². The molecule has 0 aliphatic heterocycles. The van der Waals surface area contributed by atoms with Gasteiger partial charge in [0.15, 0.2) is 0 Å². The first-order chi connectivity index (χ1) is 19.0. The quantitative estimate of drug-likeness (QED) is 0.182. The fourth-order valence-electron chi connectivity index (χ4n) is 4.96. The summed E-state index contributed by atoms with van der Waals surface area (Å²) in [6, 6.07) is 20.8. The Balaban J connectivity index is 2.61. The number of benzene rings is 2. The molecule has 2 rings (SSSR count). The molecule has 41 heavy (non-hydrogen) atoms. The van der Waals surface area contributed by atoms with Crippen molar-refractivity contribution in [3.8, 4) is 0 Å². The number of carbonyl (C=O) groups is 1. The SMILES string of the molecule is B#P(B)O[C@@H](C(=O)[Si](C)(C)C(C)(C)C)[C@H](O)[C@H](CO[Si](c1ccccc1)(c1ccccc1)C(C)(C)C)OCCCC. The molecule has 1 N–H and O–H groups in total. The zero-order chi connectivity index (χ0) is 31.1. The monoisotopic (exact) mass is 612 g/mol. The van der Waals surface area contributed by atoms with Crippen LogP contribution in [0.4, 0.5) is 0 Å². The van der Waals surface area contributed by atoms with Gasteiger partial charge in [0.1, 0.15) is 0 Å². The summed E-state index contributed by atoms with van der Waals surface area (Å²) in [7, 11) is 1.05. The molecule has 10 heteroatoms. The third-order valence-electron chi connectivity index (χ3n) is 8.43. The average Bonchev–Trinajstić information content (AvgIpc) is 2.90. The van der Waals surface area contributed by atoms with Gasteiger partial charge in [-0.05, 0) is 0 Å². The minimum atomic E-state index is -2.89. The second-order valence-corrected chi connectivity index (χ2v) is 24.4. The molecule has 0 amide bonds. The van der Waals surface area contributed by atoms with Gasteiger partial charge in [-0.1, -0.05) is 0 Å². The Morgan fingerprint density at radius 3 is 1.83 bits per heavy atom. The average molecular weight is 613 g/mol. The molecule has 0 heterocycles. The van der Waals surface area contributed by atoms with Crippen LogP contribution in [-0.2, 0) is 18.5 Å². The predicted octanol–water partition coefficient (Wildman–Crippen LogP) is 5.14. The van der Waals surface area contributed by atoms with Crippen LogP contribution in [0.25, 0.3) is 0 Å². The van der Waals surface area contributed by atoms with Crippen molar-refractivity contribution in [2.75, 3.05) is 13.2 Å². The molecule has 1 unspecified atom stereocenters. The molecule has 0 saturated carbocycles. The summed E-state index contributed by atoms with van der Waals surface area (Å²) >= 11 is 0. The Hall–Kier alpha value is -1.19. The molecule has 0 aliphatic carbocycles. The van der Waals surface area contributed by atoms with Crippen LogP contribution in [0.3, 0.4) is 0 Å². The van der Waals surface area contributed by atoms with Gasteiger partial charge in [-0.3, -0.25) is 0 Å². The van der Waals surface area contributed by atoms with E-state index in [4.69, 9.17) is 20.7 Å². The topological polar surface area (TPSA) is 65.0 Å². The first-order valence-electron chi connectivity index (χ1n) is 14.7. The molecule has 0 aliphatic rings. The molecule has 2 aromatic rings. The molecule has 2 aromatic carbocycles. The number of hydrogen-bond donors (Lipinski definition) is 1. The van der Waals surface area contributed by atoms with E-state index in [0.29, 0.717) is 6.61 Å². The maximum atomic E-state index is 14.1. The number of aliphatic hydroxyl groups excluding tert-OH is 1. The molecule has 0 spiro atoms. The van der Waals surface area contributed by atoms with Crippen LogP contribution >= 0.6 is 7.34 Å². The molecule has 224 valence electrons. The van der Waals surface area contributed by atoms with Crippen molar-refractivity contribution in [1.82, 2.24) is 0 Å². The Bertz CT molecular complexity index is 1130. The number of aliphatic hydroxyl groups is 1. The number of rotatable bonds is 14. The first-order valence-corrected chi connectivity index (χ1v) is 21.4. The van der Waals surface area contributed by atoms with Crippen LogP contribution in [0.2, 0.25) is 23.2 Å². The molecule has 5 nitrogen and oxygen atoms in total. The normalized spacial score (nSPS) is 15.8. The second-order valence-electron chi connectivity index (χ2n) is 13.5. The van der Waals surface area contributed by atoms with Crippen LogP contribution in [-0.4, -0.2) is 73.0 Å².